The molecule has 0 spiro atoms. The summed E-state index contributed by atoms with van der Waals surface area (Å²) in [7, 11) is -3.86. The third kappa shape index (κ3) is 6.85. The van der Waals surface area contributed by atoms with Gasteiger partial charge in [-0.2, -0.15) is 0 Å². The number of nitrogens with two attached hydrogens (primary N) is 2. The number of sulfonamides is 1. The maximum Gasteiger partial charge on any atom is 0.241 e. The molecule has 1 amide bonds. The van der Waals surface area contributed by atoms with Crippen LogP contribution in [0.3, 0.4) is 0 Å². The number of hydrogen-bond acceptors (Lipinski definition) is 8. The van der Waals surface area contributed by atoms with Crippen molar-refractivity contribution >= 4 is 43.3 Å². The Labute approximate surface area is 224 Å². The minimum absolute atomic E-state index is 0.0448. The number of carbonyl (C=O) groups excluding carboxylic acids is 1. The van der Waals surface area contributed by atoms with Gasteiger partial charge in [-0.3, -0.25) is 4.79 Å². The Morgan fingerprint density at radius 3 is 2.61 bits per heavy atom. The highest BCUT2D eigenvalue weighted by molar-refractivity contribution is 7.89. The number of ether oxygens (including phenoxy) is 1. The highest BCUT2D eigenvalue weighted by Crippen LogP contribution is 2.32. The van der Waals surface area contributed by atoms with Crippen LogP contribution in [0.5, 0.6) is 5.75 Å². The molecule has 198 valence electrons. The largest absolute Gasteiger partial charge is 0.494 e. The quantitative estimate of drug-likeness (QED) is 0.0685. The van der Waals surface area contributed by atoms with E-state index in [1.807, 2.05) is 12.1 Å². The average Bonchev–Trinajstić information content (AvgIpc) is 3.34. The standard InChI is InChI=1S/C26H27N5O5S2/c27-24(32)10-5-13-36-19-11-12-21-23(16-19)37-26(29-21)22(31-38(34,35)20-8-2-1-3-9-20)15-17-6-4-7-18(14-17)25(28)30-33/h1-4,6-9,11-12,14,16,22,31,33H,5,10,13,15H2,(H2,27,32)(H2,28,30). The molecule has 0 aliphatic heterocycles. The summed E-state index contributed by atoms with van der Waals surface area (Å²) in [5.41, 5.74) is 12.9. The molecule has 1 atom stereocenters. The number of carbonyl (C=O) groups is 1. The fraction of sp³-hybridized carbons (Fsp3) is 0.192. The molecule has 4 rings (SSSR count). The predicted molar refractivity (Wildman–Crippen MR) is 146 cm³/mol. The third-order valence-corrected chi connectivity index (χ3v) is 8.25. The summed E-state index contributed by atoms with van der Waals surface area (Å²) >= 11 is 1.35. The number of nitrogens with zero attached hydrogens (tertiary/aromatic N) is 2. The number of benzene rings is 3. The zero-order chi connectivity index (χ0) is 27.1. The van der Waals surface area contributed by atoms with E-state index in [1.165, 1.54) is 23.5 Å². The van der Waals surface area contributed by atoms with Crippen LogP contribution in [0.15, 0.2) is 82.8 Å². The number of oxime groups is 1. The Kier molecular flexibility index (Phi) is 8.56. The fourth-order valence-electron chi connectivity index (χ4n) is 3.78. The number of amides is 1. The molecule has 38 heavy (non-hydrogen) atoms. The summed E-state index contributed by atoms with van der Waals surface area (Å²) < 4.78 is 35.8. The van der Waals surface area contributed by atoms with Gasteiger partial charge in [0.05, 0.1) is 27.8 Å². The van der Waals surface area contributed by atoms with Gasteiger partial charge in [-0.25, -0.2) is 18.1 Å². The summed E-state index contributed by atoms with van der Waals surface area (Å²) in [6.07, 6.45) is 1.03. The van der Waals surface area contributed by atoms with Crippen LogP contribution in [0, 0.1) is 0 Å². The summed E-state index contributed by atoms with van der Waals surface area (Å²) in [4.78, 5) is 15.8. The molecule has 1 heterocycles. The zero-order valence-corrected chi connectivity index (χ0v) is 21.9. The van der Waals surface area contributed by atoms with Gasteiger partial charge in [0.25, 0.3) is 0 Å². The summed E-state index contributed by atoms with van der Waals surface area (Å²) in [6.45, 7) is 0.343. The van der Waals surface area contributed by atoms with Crippen LogP contribution in [-0.4, -0.2) is 37.0 Å². The molecule has 4 aromatic rings. The first-order chi connectivity index (χ1) is 18.2. The number of thiazole rings is 1. The van der Waals surface area contributed by atoms with Crippen molar-refractivity contribution in [2.45, 2.75) is 30.2 Å². The van der Waals surface area contributed by atoms with E-state index < -0.39 is 16.1 Å². The zero-order valence-electron chi connectivity index (χ0n) is 20.3. The molecule has 0 aliphatic rings. The molecular formula is C26H27N5O5S2. The second-order valence-electron chi connectivity index (χ2n) is 8.48. The highest BCUT2D eigenvalue weighted by atomic mass is 32.2. The first kappa shape index (κ1) is 27.0. The third-order valence-electron chi connectivity index (χ3n) is 5.63. The first-order valence-corrected chi connectivity index (χ1v) is 14.0. The van der Waals surface area contributed by atoms with Gasteiger partial charge in [-0.05, 0) is 54.8 Å². The van der Waals surface area contributed by atoms with E-state index >= 15 is 0 Å². The van der Waals surface area contributed by atoms with Crippen molar-refractivity contribution in [1.29, 1.82) is 0 Å². The van der Waals surface area contributed by atoms with Gasteiger partial charge in [-0.1, -0.05) is 41.6 Å². The summed E-state index contributed by atoms with van der Waals surface area (Å²) in [5.74, 6) is 0.193. The minimum Gasteiger partial charge on any atom is -0.494 e. The Balaban J connectivity index is 1.64. The molecule has 0 saturated heterocycles. The van der Waals surface area contributed by atoms with Crippen LogP contribution in [0.4, 0.5) is 0 Å². The second kappa shape index (κ2) is 12.0. The van der Waals surface area contributed by atoms with Crippen molar-refractivity contribution in [3.05, 3.63) is 88.9 Å². The molecular weight excluding hydrogens is 526 g/mol. The van der Waals surface area contributed by atoms with Crippen LogP contribution >= 0.6 is 11.3 Å². The van der Waals surface area contributed by atoms with Crippen LogP contribution in [0.1, 0.15) is 35.0 Å². The first-order valence-electron chi connectivity index (χ1n) is 11.7. The number of fused-ring (bicyclic) bond motifs is 1. The molecule has 0 aliphatic carbocycles. The topological polar surface area (TPSA) is 170 Å². The number of amidine groups is 1. The normalized spacial score (nSPS) is 12.9. The Morgan fingerprint density at radius 1 is 1.08 bits per heavy atom. The lowest BCUT2D eigenvalue weighted by atomic mass is 10.0. The predicted octanol–water partition coefficient (Wildman–Crippen LogP) is 3.30. The number of nitrogens with one attached hydrogen (secondary N) is 1. The lowest BCUT2D eigenvalue weighted by Crippen LogP contribution is -2.30. The van der Waals surface area contributed by atoms with Gasteiger partial charge in [0.2, 0.25) is 15.9 Å². The molecule has 0 bridgehead atoms. The maximum atomic E-state index is 13.2. The van der Waals surface area contributed by atoms with Crippen LogP contribution in [-0.2, 0) is 21.2 Å². The second-order valence-corrected chi connectivity index (χ2v) is 11.3. The molecule has 3 aromatic carbocycles. The lowest BCUT2D eigenvalue weighted by Gasteiger charge is -2.17. The summed E-state index contributed by atoms with van der Waals surface area (Å²) in [5, 5.41) is 12.7. The van der Waals surface area contributed by atoms with Gasteiger partial charge >= 0.3 is 0 Å². The number of rotatable bonds is 12. The molecule has 0 fully saturated rings. The Bertz CT molecular complexity index is 1550. The Hall–Kier alpha value is -4.00. The van der Waals surface area contributed by atoms with Crippen LogP contribution in [0.2, 0.25) is 0 Å². The van der Waals surface area contributed by atoms with Crippen LogP contribution < -0.4 is 20.9 Å². The van der Waals surface area contributed by atoms with Crippen molar-refractivity contribution in [2.24, 2.45) is 16.6 Å². The molecule has 1 unspecified atom stereocenters. The maximum absolute atomic E-state index is 13.2. The average molecular weight is 554 g/mol. The smallest absolute Gasteiger partial charge is 0.241 e. The van der Waals surface area contributed by atoms with Crippen molar-refractivity contribution in [3.8, 4) is 5.75 Å². The van der Waals surface area contributed by atoms with Gasteiger partial charge in [0.15, 0.2) is 5.84 Å². The van der Waals surface area contributed by atoms with Crippen molar-refractivity contribution in [2.75, 3.05) is 6.61 Å². The molecule has 1 aromatic heterocycles. The van der Waals surface area contributed by atoms with Gasteiger partial charge in [0, 0.05) is 12.0 Å². The fourth-order valence-corrected chi connectivity index (χ4v) is 6.13. The summed E-state index contributed by atoms with van der Waals surface area (Å²) in [6, 6.07) is 19.9. The van der Waals surface area contributed by atoms with Crippen molar-refractivity contribution < 1.29 is 23.2 Å². The molecule has 6 N–H and O–H groups in total. The van der Waals surface area contributed by atoms with E-state index in [0.717, 1.165) is 10.3 Å². The van der Waals surface area contributed by atoms with E-state index in [9.17, 15) is 13.2 Å². The van der Waals surface area contributed by atoms with E-state index in [2.05, 4.69) is 9.88 Å². The van der Waals surface area contributed by atoms with E-state index in [1.54, 1.807) is 48.5 Å². The monoisotopic (exact) mass is 553 g/mol. The highest BCUT2D eigenvalue weighted by Gasteiger charge is 2.25. The van der Waals surface area contributed by atoms with Crippen molar-refractivity contribution in [3.63, 3.8) is 0 Å². The van der Waals surface area contributed by atoms with Gasteiger partial charge < -0.3 is 21.4 Å². The van der Waals surface area contributed by atoms with Gasteiger partial charge in [-0.15, -0.1) is 11.3 Å². The van der Waals surface area contributed by atoms with E-state index in [0.29, 0.717) is 34.9 Å². The number of hydrogen-bond donors (Lipinski definition) is 4. The number of primary amides is 1. The number of aromatic nitrogens is 1. The molecule has 12 heteroatoms. The van der Waals surface area contributed by atoms with Crippen LogP contribution in [0.25, 0.3) is 10.2 Å². The van der Waals surface area contributed by atoms with Gasteiger partial charge in [0.1, 0.15) is 10.8 Å². The SMILES string of the molecule is NC(=O)CCCOc1ccc2nc(C(Cc3cccc(C(N)=NO)c3)NS(=O)(=O)c3ccccc3)sc2c1. The minimum atomic E-state index is -3.86. The van der Waals surface area contributed by atoms with E-state index in [-0.39, 0.29) is 29.5 Å². The molecule has 0 radical (unpaired) electrons. The van der Waals surface area contributed by atoms with E-state index in [4.69, 9.17) is 26.4 Å². The Morgan fingerprint density at radius 2 is 1.87 bits per heavy atom. The lowest BCUT2D eigenvalue weighted by molar-refractivity contribution is -0.118. The molecule has 0 saturated carbocycles. The van der Waals surface area contributed by atoms with Crippen molar-refractivity contribution in [1.82, 2.24) is 9.71 Å². The molecule has 10 nitrogen and oxygen atoms in total.